The molecule has 0 radical (unpaired) electrons. The summed E-state index contributed by atoms with van der Waals surface area (Å²) in [5.74, 6) is 1.39. The topological polar surface area (TPSA) is 62.8 Å². The van der Waals surface area contributed by atoms with Crippen molar-refractivity contribution >= 4 is 22.4 Å². The highest BCUT2D eigenvalue weighted by Crippen LogP contribution is 2.21. The van der Waals surface area contributed by atoms with Crippen LogP contribution >= 0.6 is 0 Å². The highest BCUT2D eigenvalue weighted by molar-refractivity contribution is 5.81. The third kappa shape index (κ3) is 3.52. The van der Waals surface area contributed by atoms with E-state index in [0.717, 1.165) is 17.9 Å². The molecule has 4 aromatic rings. The second kappa shape index (κ2) is 6.88. The van der Waals surface area contributed by atoms with Gasteiger partial charge in [0.25, 0.3) is 0 Å². The number of pyridine rings is 2. The molecule has 0 aliphatic rings. The van der Waals surface area contributed by atoms with Gasteiger partial charge in [-0.25, -0.2) is 9.97 Å². The fraction of sp³-hybridized carbons (Fsp3) is 0.143. The fourth-order valence-electron chi connectivity index (χ4n) is 3.05. The first-order valence-corrected chi connectivity index (χ1v) is 8.50. The molecule has 4 rings (SSSR count). The Bertz CT molecular complexity index is 1040. The molecule has 0 fully saturated rings. The van der Waals surface area contributed by atoms with Gasteiger partial charge in [-0.2, -0.15) is 0 Å². The van der Waals surface area contributed by atoms with Crippen molar-refractivity contribution in [2.45, 2.75) is 13.3 Å². The zero-order valence-corrected chi connectivity index (χ0v) is 14.8. The second-order valence-corrected chi connectivity index (χ2v) is 6.31. The van der Waals surface area contributed by atoms with Gasteiger partial charge in [-0.15, -0.1) is 0 Å². The van der Waals surface area contributed by atoms with Crippen LogP contribution in [-0.2, 0) is 6.42 Å². The van der Waals surface area contributed by atoms with Gasteiger partial charge in [-0.3, -0.25) is 0 Å². The monoisotopic (exact) mass is 344 g/mol. The maximum atomic E-state index is 5.08. The summed E-state index contributed by atoms with van der Waals surface area (Å²) in [6.07, 6.45) is 4.42. The largest absolute Gasteiger partial charge is 0.481 e. The first kappa shape index (κ1) is 16.1. The van der Waals surface area contributed by atoms with Crippen molar-refractivity contribution in [2.75, 3.05) is 12.4 Å². The maximum Gasteiger partial charge on any atom is 0.213 e. The predicted octanol–water partition coefficient (Wildman–Crippen LogP) is 4.61. The molecule has 3 aromatic heterocycles. The first-order valence-electron chi connectivity index (χ1n) is 8.50. The Hall–Kier alpha value is -3.34. The van der Waals surface area contributed by atoms with Crippen LogP contribution in [0.2, 0.25) is 0 Å². The molecule has 0 spiro atoms. The van der Waals surface area contributed by atoms with Crippen molar-refractivity contribution in [3.63, 3.8) is 0 Å². The van der Waals surface area contributed by atoms with Crippen molar-refractivity contribution in [1.82, 2.24) is 15.0 Å². The number of aromatic amines is 1. The standard InChI is InChI=1S/C21H20N4O/c1-14-9-17-11-15(3-5-19(17)24-14)10-16-7-8-22-20(12-16)25-18-4-6-21(26-2)23-13-18/h3-9,11-13,24H,10H2,1-2H3,(H,22,25). The summed E-state index contributed by atoms with van der Waals surface area (Å²) in [7, 11) is 1.60. The lowest BCUT2D eigenvalue weighted by Gasteiger charge is -2.08. The molecule has 3 heterocycles. The number of nitrogens with one attached hydrogen (secondary N) is 2. The number of methoxy groups -OCH3 is 1. The van der Waals surface area contributed by atoms with E-state index >= 15 is 0 Å². The van der Waals surface area contributed by atoms with Gasteiger partial charge < -0.3 is 15.0 Å². The number of rotatable bonds is 5. The number of fused-ring (bicyclic) bond motifs is 1. The van der Waals surface area contributed by atoms with Crippen LogP contribution in [0.25, 0.3) is 10.9 Å². The van der Waals surface area contributed by atoms with E-state index in [1.165, 1.54) is 27.7 Å². The molecule has 0 unspecified atom stereocenters. The molecule has 0 saturated carbocycles. The van der Waals surface area contributed by atoms with E-state index in [0.29, 0.717) is 5.88 Å². The minimum atomic E-state index is 0.590. The lowest BCUT2D eigenvalue weighted by Crippen LogP contribution is -1.97. The highest BCUT2D eigenvalue weighted by Gasteiger charge is 2.04. The molecule has 0 bridgehead atoms. The van der Waals surface area contributed by atoms with Gasteiger partial charge in [0.15, 0.2) is 0 Å². The Balaban J connectivity index is 1.52. The fourth-order valence-corrected chi connectivity index (χ4v) is 3.05. The van der Waals surface area contributed by atoms with Crippen molar-refractivity contribution in [3.05, 3.63) is 77.7 Å². The Kier molecular flexibility index (Phi) is 4.27. The first-order chi connectivity index (χ1) is 12.7. The van der Waals surface area contributed by atoms with E-state index in [2.05, 4.69) is 57.5 Å². The number of ether oxygens (including phenoxy) is 1. The molecule has 5 heteroatoms. The molecule has 0 aliphatic carbocycles. The van der Waals surface area contributed by atoms with E-state index < -0.39 is 0 Å². The number of H-pyrrole nitrogens is 1. The van der Waals surface area contributed by atoms with Gasteiger partial charge in [0.05, 0.1) is 19.0 Å². The maximum absolute atomic E-state index is 5.08. The third-order valence-electron chi connectivity index (χ3n) is 4.27. The lowest BCUT2D eigenvalue weighted by molar-refractivity contribution is 0.398. The van der Waals surface area contributed by atoms with E-state index in [-0.39, 0.29) is 0 Å². The molecule has 5 nitrogen and oxygen atoms in total. The van der Waals surface area contributed by atoms with Gasteiger partial charge in [-0.05, 0) is 66.3 Å². The third-order valence-corrected chi connectivity index (χ3v) is 4.27. The van der Waals surface area contributed by atoms with Gasteiger partial charge in [0.2, 0.25) is 5.88 Å². The van der Waals surface area contributed by atoms with E-state index in [4.69, 9.17) is 4.74 Å². The van der Waals surface area contributed by atoms with Crippen molar-refractivity contribution in [2.24, 2.45) is 0 Å². The van der Waals surface area contributed by atoms with E-state index in [1.807, 2.05) is 24.4 Å². The van der Waals surface area contributed by atoms with Crippen LogP contribution < -0.4 is 10.1 Å². The normalized spacial score (nSPS) is 10.8. The summed E-state index contributed by atoms with van der Waals surface area (Å²) in [4.78, 5) is 12.0. The Labute approximate surface area is 152 Å². The molecular weight excluding hydrogens is 324 g/mol. The number of nitrogens with zero attached hydrogens (tertiary/aromatic N) is 2. The molecule has 0 amide bonds. The van der Waals surface area contributed by atoms with Gasteiger partial charge >= 0.3 is 0 Å². The molecule has 0 saturated heterocycles. The smallest absolute Gasteiger partial charge is 0.213 e. The Morgan fingerprint density at radius 1 is 1.00 bits per heavy atom. The van der Waals surface area contributed by atoms with Crippen LogP contribution in [-0.4, -0.2) is 22.1 Å². The minimum absolute atomic E-state index is 0.590. The summed E-state index contributed by atoms with van der Waals surface area (Å²) in [5, 5.41) is 4.53. The van der Waals surface area contributed by atoms with Crippen LogP contribution in [0.4, 0.5) is 11.5 Å². The van der Waals surface area contributed by atoms with E-state index in [1.54, 1.807) is 13.3 Å². The number of aryl methyl sites for hydroxylation is 1. The van der Waals surface area contributed by atoms with Crippen LogP contribution in [0, 0.1) is 6.92 Å². The average molecular weight is 344 g/mol. The summed E-state index contributed by atoms with van der Waals surface area (Å²) >= 11 is 0. The van der Waals surface area contributed by atoms with Gasteiger partial charge in [0, 0.05) is 23.5 Å². The van der Waals surface area contributed by atoms with Crippen molar-refractivity contribution in [1.29, 1.82) is 0 Å². The number of anilines is 2. The molecule has 26 heavy (non-hydrogen) atoms. The predicted molar refractivity (Wildman–Crippen MR) is 104 cm³/mol. The zero-order valence-electron chi connectivity index (χ0n) is 14.8. The Morgan fingerprint density at radius 3 is 2.69 bits per heavy atom. The summed E-state index contributed by atoms with van der Waals surface area (Å²) in [6, 6.07) is 16.6. The van der Waals surface area contributed by atoms with Crippen LogP contribution in [0.1, 0.15) is 16.8 Å². The highest BCUT2D eigenvalue weighted by atomic mass is 16.5. The molecule has 0 aliphatic heterocycles. The number of hydrogen-bond donors (Lipinski definition) is 2. The molecule has 130 valence electrons. The molecule has 2 N–H and O–H groups in total. The quantitative estimate of drug-likeness (QED) is 0.555. The lowest BCUT2D eigenvalue weighted by atomic mass is 10.0. The van der Waals surface area contributed by atoms with Gasteiger partial charge in [-0.1, -0.05) is 6.07 Å². The number of aromatic nitrogens is 3. The number of benzene rings is 1. The van der Waals surface area contributed by atoms with Crippen molar-refractivity contribution < 1.29 is 4.74 Å². The summed E-state index contributed by atoms with van der Waals surface area (Å²) < 4.78 is 5.08. The Morgan fingerprint density at radius 2 is 1.88 bits per heavy atom. The molecule has 0 atom stereocenters. The van der Waals surface area contributed by atoms with Crippen molar-refractivity contribution in [3.8, 4) is 5.88 Å². The molecule has 1 aromatic carbocycles. The van der Waals surface area contributed by atoms with Crippen LogP contribution in [0.3, 0.4) is 0 Å². The summed E-state index contributed by atoms with van der Waals surface area (Å²) in [5.41, 5.74) is 5.71. The summed E-state index contributed by atoms with van der Waals surface area (Å²) in [6.45, 7) is 2.08. The SMILES string of the molecule is COc1ccc(Nc2cc(Cc3ccc4[nH]c(C)cc4c3)ccn2)cn1. The average Bonchev–Trinajstić information content (AvgIpc) is 3.02. The second-order valence-electron chi connectivity index (χ2n) is 6.31. The molecular formula is C21H20N4O. The zero-order chi connectivity index (χ0) is 17.9. The van der Waals surface area contributed by atoms with Crippen LogP contribution in [0.5, 0.6) is 5.88 Å². The number of hydrogen-bond acceptors (Lipinski definition) is 4. The minimum Gasteiger partial charge on any atom is -0.481 e. The van der Waals surface area contributed by atoms with Crippen LogP contribution in [0.15, 0.2) is 60.9 Å². The van der Waals surface area contributed by atoms with E-state index in [9.17, 15) is 0 Å². The van der Waals surface area contributed by atoms with Gasteiger partial charge in [0.1, 0.15) is 5.82 Å².